The maximum absolute atomic E-state index is 12.0. The number of carbonyl (C=O) groups excluding carboxylic acids is 2. The number of Topliss-reactive ketones (excluding diaryl/α,β-unsaturated/α-hetero) is 1. The quantitative estimate of drug-likeness (QED) is 0.563. The SMILES string of the molecule is CC(=O)c1c[nH]c(C(=O)NCCCS(=O)(=O)Cc2ccccc2)c1. The fourth-order valence-corrected chi connectivity index (χ4v) is 3.65. The summed E-state index contributed by atoms with van der Waals surface area (Å²) in [4.78, 5) is 25.8. The zero-order chi connectivity index (χ0) is 17.6. The Balaban J connectivity index is 1.77. The summed E-state index contributed by atoms with van der Waals surface area (Å²) in [6, 6.07) is 10.5. The molecule has 6 nitrogen and oxygen atoms in total. The molecule has 1 aromatic carbocycles. The number of carbonyl (C=O) groups is 2. The standard InChI is InChI=1S/C17H20N2O4S/c1-13(20)15-10-16(19-11-15)17(21)18-8-5-9-24(22,23)12-14-6-3-2-4-7-14/h2-4,6-7,10-11,19H,5,8-9,12H2,1H3,(H,18,21). The van der Waals surface area contributed by atoms with Crippen molar-refractivity contribution >= 4 is 21.5 Å². The number of sulfone groups is 1. The van der Waals surface area contributed by atoms with Crippen LogP contribution in [-0.4, -0.2) is 37.4 Å². The summed E-state index contributed by atoms with van der Waals surface area (Å²) in [7, 11) is -3.21. The van der Waals surface area contributed by atoms with Gasteiger partial charge >= 0.3 is 0 Å². The van der Waals surface area contributed by atoms with E-state index in [9.17, 15) is 18.0 Å². The molecular weight excluding hydrogens is 328 g/mol. The molecule has 7 heteroatoms. The monoisotopic (exact) mass is 348 g/mol. The van der Waals surface area contributed by atoms with Crippen LogP contribution in [0, 0.1) is 0 Å². The molecule has 0 saturated heterocycles. The summed E-state index contributed by atoms with van der Waals surface area (Å²) in [6.45, 7) is 1.67. The van der Waals surface area contributed by atoms with Crippen molar-refractivity contribution in [3.63, 3.8) is 0 Å². The van der Waals surface area contributed by atoms with E-state index >= 15 is 0 Å². The summed E-state index contributed by atoms with van der Waals surface area (Å²) >= 11 is 0. The van der Waals surface area contributed by atoms with E-state index in [0.29, 0.717) is 12.0 Å². The van der Waals surface area contributed by atoms with Gasteiger partial charge in [-0.25, -0.2) is 8.42 Å². The highest BCUT2D eigenvalue weighted by Crippen LogP contribution is 2.07. The lowest BCUT2D eigenvalue weighted by Crippen LogP contribution is -2.26. The maximum atomic E-state index is 12.0. The van der Waals surface area contributed by atoms with E-state index in [0.717, 1.165) is 5.56 Å². The van der Waals surface area contributed by atoms with E-state index < -0.39 is 9.84 Å². The van der Waals surface area contributed by atoms with E-state index in [1.165, 1.54) is 19.2 Å². The lowest BCUT2D eigenvalue weighted by molar-refractivity contribution is 0.0949. The van der Waals surface area contributed by atoms with E-state index in [4.69, 9.17) is 0 Å². The van der Waals surface area contributed by atoms with Crippen molar-refractivity contribution in [1.29, 1.82) is 0 Å². The lowest BCUT2D eigenvalue weighted by atomic mass is 10.2. The second-order valence-corrected chi connectivity index (χ2v) is 7.73. The van der Waals surface area contributed by atoms with E-state index in [-0.39, 0.29) is 35.4 Å². The Morgan fingerprint density at radius 3 is 2.50 bits per heavy atom. The van der Waals surface area contributed by atoms with Gasteiger partial charge in [-0.05, 0) is 25.0 Å². The predicted molar refractivity (Wildman–Crippen MR) is 91.7 cm³/mol. The van der Waals surface area contributed by atoms with Gasteiger partial charge < -0.3 is 10.3 Å². The first-order valence-corrected chi connectivity index (χ1v) is 9.41. The molecule has 2 rings (SSSR count). The van der Waals surface area contributed by atoms with Crippen molar-refractivity contribution < 1.29 is 18.0 Å². The molecule has 0 bridgehead atoms. The van der Waals surface area contributed by atoms with Gasteiger partial charge in [0.05, 0.1) is 11.5 Å². The van der Waals surface area contributed by atoms with Gasteiger partial charge in [0.15, 0.2) is 15.6 Å². The Hall–Kier alpha value is -2.41. The first-order valence-electron chi connectivity index (χ1n) is 7.59. The van der Waals surface area contributed by atoms with Crippen LogP contribution in [0.4, 0.5) is 0 Å². The number of aromatic nitrogens is 1. The molecule has 0 spiro atoms. The van der Waals surface area contributed by atoms with Gasteiger partial charge in [-0.15, -0.1) is 0 Å². The third kappa shape index (κ3) is 5.34. The summed E-state index contributed by atoms with van der Waals surface area (Å²) < 4.78 is 24.1. The maximum Gasteiger partial charge on any atom is 0.267 e. The van der Waals surface area contributed by atoms with Crippen molar-refractivity contribution in [3.8, 4) is 0 Å². The van der Waals surface area contributed by atoms with Gasteiger partial charge in [0.1, 0.15) is 5.69 Å². The van der Waals surface area contributed by atoms with Crippen LogP contribution in [-0.2, 0) is 15.6 Å². The van der Waals surface area contributed by atoms with Crippen molar-refractivity contribution in [1.82, 2.24) is 10.3 Å². The number of H-pyrrole nitrogens is 1. The molecule has 0 atom stereocenters. The molecule has 0 aliphatic heterocycles. The Bertz CT molecular complexity index is 810. The van der Waals surface area contributed by atoms with Crippen LogP contribution in [0.2, 0.25) is 0 Å². The van der Waals surface area contributed by atoms with Crippen molar-refractivity contribution in [2.45, 2.75) is 19.1 Å². The fraction of sp³-hybridized carbons (Fsp3) is 0.294. The molecule has 0 aliphatic carbocycles. The highest BCUT2D eigenvalue weighted by Gasteiger charge is 2.13. The van der Waals surface area contributed by atoms with Gasteiger partial charge in [0.25, 0.3) is 5.91 Å². The van der Waals surface area contributed by atoms with Crippen molar-refractivity contribution in [3.05, 3.63) is 59.4 Å². The summed E-state index contributed by atoms with van der Waals surface area (Å²) in [5, 5.41) is 2.64. The molecule has 0 fully saturated rings. The molecule has 1 amide bonds. The summed E-state index contributed by atoms with van der Waals surface area (Å²) in [6.07, 6.45) is 1.81. The number of nitrogens with one attached hydrogen (secondary N) is 2. The molecule has 24 heavy (non-hydrogen) atoms. The first-order chi connectivity index (χ1) is 11.4. The number of amides is 1. The molecule has 128 valence electrons. The van der Waals surface area contributed by atoms with Gasteiger partial charge in [0.2, 0.25) is 0 Å². The summed E-state index contributed by atoms with van der Waals surface area (Å²) in [5.74, 6) is -0.480. The van der Waals surface area contributed by atoms with Crippen LogP contribution in [0.5, 0.6) is 0 Å². The van der Waals surface area contributed by atoms with E-state index in [2.05, 4.69) is 10.3 Å². The number of benzene rings is 1. The van der Waals surface area contributed by atoms with Gasteiger partial charge in [0, 0.05) is 18.3 Å². The minimum absolute atomic E-state index is 0.000383. The molecule has 0 unspecified atom stereocenters. The normalized spacial score (nSPS) is 11.2. The minimum Gasteiger partial charge on any atom is -0.356 e. The third-order valence-corrected chi connectivity index (χ3v) is 5.17. The van der Waals surface area contributed by atoms with Gasteiger partial charge in [-0.3, -0.25) is 9.59 Å². The zero-order valence-electron chi connectivity index (χ0n) is 13.4. The smallest absolute Gasteiger partial charge is 0.267 e. The van der Waals surface area contributed by atoms with Gasteiger partial charge in [-0.2, -0.15) is 0 Å². The van der Waals surface area contributed by atoms with E-state index in [1.54, 1.807) is 24.3 Å². The number of aromatic amines is 1. The molecule has 0 saturated carbocycles. The van der Waals surface area contributed by atoms with Crippen LogP contribution in [0.1, 0.15) is 39.8 Å². The number of hydrogen-bond acceptors (Lipinski definition) is 4. The Morgan fingerprint density at radius 1 is 1.17 bits per heavy atom. The van der Waals surface area contributed by atoms with E-state index in [1.807, 2.05) is 6.07 Å². The average molecular weight is 348 g/mol. The molecular formula is C17H20N2O4S. The Morgan fingerprint density at radius 2 is 1.88 bits per heavy atom. The van der Waals surface area contributed by atoms with Crippen molar-refractivity contribution in [2.75, 3.05) is 12.3 Å². The topological polar surface area (TPSA) is 96.1 Å². The summed E-state index contributed by atoms with van der Waals surface area (Å²) in [5.41, 5.74) is 1.47. The van der Waals surface area contributed by atoms with Crippen LogP contribution < -0.4 is 5.32 Å². The Labute approximate surface area is 141 Å². The molecule has 1 aromatic heterocycles. The highest BCUT2D eigenvalue weighted by molar-refractivity contribution is 7.90. The van der Waals surface area contributed by atoms with Crippen LogP contribution >= 0.6 is 0 Å². The largest absolute Gasteiger partial charge is 0.356 e. The predicted octanol–water partition coefficient (Wildman–Crippen LogP) is 1.95. The molecule has 2 N–H and O–H groups in total. The van der Waals surface area contributed by atoms with Crippen LogP contribution in [0.3, 0.4) is 0 Å². The zero-order valence-corrected chi connectivity index (χ0v) is 14.2. The fourth-order valence-electron chi connectivity index (χ4n) is 2.22. The van der Waals surface area contributed by atoms with Gasteiger partial charge in [-0.1, -0.05) is 30.3 Å². The second-order valence-electron chi connectivity index (χ2n) is 5.55. The molecule has 2 aromatic rings. The second kappa shape index (κ2) is 7.92. The Kier molecular flexibility index (Phi) is 5.92. The minimum atomic E-state index is -3.21. The molecule has 1 heterocycles. The molecule has 0 radical (unpaired) electrons. The first kappa shape index (κ1) is 17.9. The molecule has 0 aliphatic rings. The van der Waals surface area contributed by atoms with Crippen LogP contribution in [0.15, 0.2) is 42.6 Å². The van der Waals surface area contributed by atoms with Crippen molar-refractivity contribution in [2.24, 2.45) is 0 Å². The average Bonchev–Trinajstić information content (AvgIpc) is 3.02. The number of ketones is 1. The lowest BCUT2D eigenvalue weighted by Gasteiger charge is -2.06. The van der Waals surface area contributed by atoms with Crippen LogP contribution in [0.25, 0.3) is 0 Å². The number of hydrogen-bond donors (Lipinski definition) is 2. The third-order valence-electron chi connectivity index (χ3n) is 3.48. The number of rotatable bonds is 8. The highest BCUT2D eigenvalue weighted by atomic mass is 32.2.